The molecule has 3 aromatic heterocycles. The lowest BCUT2D eigenvalue weighted by molar-refractivity contribution is -0.384. The lowest BCUT2D eigenvalue weighted by Gasteiger charge is -2.56. The van der Waals surface area contributed by atoms with Crippen LogP contribution in [0.4, 0.5) is 17.2 Å². The third-order valence-electron chi connectivity index (χ3n) is 15.7. The van der Waals surface area contributed by atoms with Crippen molar-refractivity contribution in [3.63, 3.8) is 0 Å². The molecule has 2 aromatic carbocycles. The summed E-state index contributed by atoms with van der Waals surface area (Å²) < 4.78 is 53.3. The summed E-state index contributed by atoms with van der Waals surface area (Å²) in [5.74, 6) is 1.79. The van der Waals surface area contributed by atoms with Gasteiger partial charge in [0.2, 0.25) is 5.82 Å². The van der Waals surface area contributed by atoms with Crippen LogP contribution in [0.5, 0.6) is 11.5 Å². The lowest BCUT2D eigenvalue weighted by Crippen LogP contribution is -2.54. The van der Waals surface area contributed by atoms with E-state index in [1.807, 2.05) is 12.1 Å². The molecule has 3 aliphatic heterocycles. The number of nitro groups is 1. The molecular weight excluding hydrogens is 903 g/mol. The Kier molecular flexibility index (Phi) is 11.9. The van der Waals surface area contributed by atoms with Crippen molar-refractivity contribution in [2.45, 2.75) is 112 Å². The molecule has 3 aliphatic carbocycles. The molecule has 0 unspecified atom stereocenters. The number of likely N-dealkylation sites (tertiary alicyclic amines) is 1. The molecule has 11 rings (SSSR count). The van der Waals surface area contributed by atoms with Crippen molar-refractivity contribution >= 4 is 53.9 Å². The van der Waals surface area contributed by atoms with Gasteiger partial charge in [0.1, 0.15) is 22.0 Å². The molecule has 6 fully saturated rings. The van der Waals surface area contributed by atoms with E-state index in [1.165, 1.54) is 51.3 Å². The minimum atomic E-state index is -4.63. The Hall–Kier alpha value is -5.59. The Morgan fingerprint density at radius 1 is 0.926 bits per heavy atom. The molecular formula is C50H59N9O7S2. The molecule has 1 spiro atoms. The molecule has 358 valence electrons. The van der Waals surface area contributed by atoms with Crippen LogP contribution >= 0.6 is 0 Å². The number of carbonyl (C=O) groups is 1. The number of ether oxygens (including phenoxy) is 1. The second kappa shape index (κ2) is 18.1. The van der Waals surface area contributed by atoms with Crippen molar-refractivity contribution in [2.75, 3.05) is 47.9 Å². The fourth-order valence-corrected chi connectivity index (χ4v) is 14.3. The monoisotopic (exact) mass is 961 g/mol. The van der Waals surface area contributed by atoms with Crippen molar-refractivity contribution in [3.8, 4) is 11.5 Å². The number of benzene rings is 2. The predicted octanol–water partition coefficient (Wildman–Crippen LogP) is 9.08. The van der Waals surface area contributed by atoms with Gasteiger partial charge >= 0.3 is 5.69 Å². The van der Waals surface area contributed by atoms with E-state index >= 15 is 0 Å². The predicted molar refractivity (Wildman–Crippen MR) is 261 cm³/mol. The summed E-state index contributed by atoms with van der Waals surface area (Å²) in [6, 6.07) is 20.1. The molecule has 3 saturated heterocycles. The zero-order valence-electron chi connectivity index (χ0n) is 38.2. The van der Waals surface area contributed by atoms with Crippen LogP contribution in [0.25, 0.3) is 11.0 Å². The Morgan fingerprint density at radius 3 is 2.44 bits per heavy atom. The third-order valence-corrected chi connectivity index (χ3v) is 19.5. The van der Waals surface area contributed by atoms with Gasteiger partial charge in [-0.25, -0.2) is 31.7 Å². The summed E-state index contributed by atoms with van der Waals surface area (Å²) in [6.45, 7) is 3.25. The zero-order chi connectivity index (χ0) is 46.6. The number of H-pyrrole nitrogens is 1. The Labute approximate surface area is 397 Å². The summed E-state index contributed by atoms with van der Waals surface area (Å²) in [4.78, 5) is 41.8. The second-order valence-corrected chi connectivity index (χ2v) is 24.4. The molecule has 6 aliphatic rings. The SMILES string of the molecule is O=C(NS(=O)(=O)c1cnc(NCC2CCC(N=S3(=O)CCC3)CC2)c([N+](=O)[O-])c1)c1ccc(N2CCC3(CC2)CC(N2CCC[C@@H]2c2ccccc2C2CC2)C3)cc1Oc1cnc2[nH]ccc2c1. The fraction of sp³-hybridized carbons (Fsp3) is 0.500. The van der Waals surface area contributed by atoms with Crippen LogP contribution in [0.15, 0.2) is 88.5 Å². The van der Waals surface area contributed by atoms with Gasteiger partial charge in [0.05, 0.1) is 28.9 Å². The van der Waals surface area contributed by atoms with Crippen LogP contribution in [0.3, 0.4) is 0 Å². The number of nitrogens with zero attached hydrogens (tertiary/aromatic N) is 6. The van der Waals surface area contributed by atoms with Crippen molar-refractivity contribution < 1.29 is 27.1 Å². The zero-order valence-corrected chi connectivity index (χ0v) is 39.8. The summed E-state index contributed by atoms with van der Waals surface area (Å²) in [5, 5.41) is 16.1. The number of nitrogens with one attached hydrogen (secondary N) is 3. The highest BCUT2D eigenvalue weighted by Crippen LogP contribution is 2.55. The normalized spacial score (nSPS) is 23.7. The Balaban J connectivity index is 0.763. The first-order valence-corrected chi connectivity index (χ1v) is 27.8. The minimum absolute atomic E-state index is 0.0342. The van der Waals surface area contributed by atoms with E-state index in [1.54, 1.807) is 35.5 Å². The molecule has 18 heteroatoms. The van der Waals surface area contributed by atoms with Crippen LogP contribution in [0.2, 0.25) is 0 Å². The number of hydrogen-bond acceptors (Lipinski definition) is 13. The first-order chi connectivity index (χ1) is 32.9. The smallest absolute Gasteiger partial charge is 0.312 e. The molecule has 3 saturated carbocycles. The van der Waals surface area contributed by atoms with Gasteiger partial charge < -0.3 is 19.9 Å². The van der Waals surface area contributed by atoms with Gasteiger partial charge in [0.15, 0.2) is 0 Å². The minimum Gasteiger partial charge on any atom is -0.455 e. The topological polar surface area (TPSA) is 205 Å². The number of pyridine rings is 2. The summed E-state index contributed by atoms with van der Waals surface area (Å²) in [6.07, 6.45) is 18.2. The van der Waals surface area contributed by atoms with E-state index in [0.29, 0.717) is 46.9 Å². The number of aromatic nitrogens is 3. The Morgan fingerprint density at radius 2 is 1.71 bits per heavy atom. The number of rotatable bonds is 14. The lowest BCUT2D eigenvalue weighted by atomic mass is 9.59. The van der Waals surface area contributed by atoms with E-state index in [2.05, 4.69) is 63.4 Å². The van der Waals surface area contributed by atoms with Gasteiger partial charge in [-0.05, 0) is 143 Å². The average molecular weight is 962 g/mol. The number of fused-ring (bicyclic) bond motifs is 1. The molecule has 5 aromatic rings. The van der Waals surface area contributed by atoms with E-state index in [9.17, 15) is 27.5 Å². The van der Waals surface area contributed by atoms with Gasteiger partial charge in [-0.15, -0.1) is 0 Å². The standard InChI is InChI=1S/C50H59N9O7S2/c60-49(56-68(64,65)40-27-45(59(61)62)48(54-32-40)52-30-33-8-12-36(13-9-33)55-67(63)23-4-24-67)43-15-14-37(26-46(43)66-39-25-35-16-19-51-47(35)53-31-39)57-21-17-50(18-22-57)28-38(29-50)58-20-3-7-44(58)42-6-2-1-5-41(42)34-10-11-34/h1-2,5-6,14-16,19,25-27,31-34,36,38,44H,3-4,7-13,17-18,20-24,28-30H2,(H,51,53)(H,52,54)(H,56,60)/t33?,36?,44-/m1/s1. The van der Waals surface area contributed by atoms with Gasteiger partial charge in [-0.1, -0.05) is 24.3 Å². The molecule has 16 nitrogen and oxygen atoms in total. The fourth-order valence-electron chi connectivity index (χ4n) is 11.6. The van der Waals surface area contributed by atoms with Gasteiger partial charge in [-0.3, -0.25) is 19.8 Å². The van der Waals surface area contributed by atoms with Crippen LogP contribution in [-0.4, -0.2) is 93.1 Å². The molecule has 3 N–H and O–H groups in total. The number of aromatic amines is 1. The molecule has 6 heterocycles. The number of piperidine rings is 1. The average Bonchev–Trinajstić information content (AvgIpc) is 3.87. The summed E-state index contributed by atoms with van der Waals surface area (Å²) in [5.41, 5.74) is 4.40. The third kappa shape index (κ3) is 9.18. The highest BCUT2D eigenvalue weighted by Gasteiger charge is 2.50. The first-order valence-electron chi connectivity index (χ1n) is 24.4. The molecule has 68 heavy (non-hydrogen) atoms. The highest BCUT2D eigenvalue weighted by molar-refractivity contribution is 7.94. The summed E-state index contributed by atoms with van der Waals surface area (Å²) in [7, 11) is -6.65. The van der Waals surface area contributed by atoms with Crippen molar-refractivity contribution in [1.82, 2.24) is 24.6 Å². The van der Waals surface area contributed by atoms with Crippen molar-refractivity contribution in [3.05, 3.63) is 106 Å². The quantitative estimate of drug-likeness (QED) is 0.0704. The largest absolute Gasteiger partial charge is 0.455 e. The van der Waals surface area contributed by atoms with E-state index in [0.717, 1.165) is 87.3 Å². The number of carbonyl (C=O) groups excluding carboxylic acids is 1. The Bertz CT molecular complexity index is 2970. The van der Waals surface area contributed by atoms with Crippen molar-refractivity contribution in [1.29, 1.82) is 0 Å². The second-order valence-electron chi connectivity index (χ2n) is 20.1. The van der Waals surface area contributed by atoms with Crippen LogP contribution in [0.1, 0.15) is 117 Å². The van der Waals surface area contributed by atoms with E-state index in [-0.39, 0.29) is 29.1 Å². The molecule has 0 bridgehead atoms. The summed E-state index contributed by atoms with van der Waals surface area (Å²) >= 11 is 0. The highest BCUT2D eigenvalue weighted by atomic mass is 32.2. The molecule has 1 atom stereocenters. The van der Waals surface area contributed by atoms with E-state index < -0.39 is 41.2 Å². The van der Waals surface area contributed by atoms with Gasteiger partial charge in [-0.2, -0.15) is 0 Å². The number of hydrogen-bond donors (Lipinski definition) is 3. The maximum atomic E-state index is 14.0. The molecule has 0 radical (unpaired) electrons. The first kappa shape index (κ1) is 44.9. The maximum Gasteiger partial charge on any atom is 0.312 e. The number of amides is 1. The molecule has 1 amide bonds. The van der Waals surface area contributed by atoms with Gasteiger partial charge in [0, 0.05) is 82.4 Å². The van der Waals surface area contributed by atoms with Crippen molar-refractivity contribution in [2.24, 2.45) is 15.7 Å². The van der Waals surface area contributed by atoms with Crippen LogP contribution in [-0.2, 0) is 19.8 Å². The number of anilines is 2. The maximum absolute atomic E-state index is 14.0. The van der Waals surface area contributed by atoms with Crippen LogP contribution < -0.4 is 19.7 Å². The van der Waals surface area contributed by atoms with Gasteiger partial charge in [0.25, 0.3) is 15.9 Å². The number of sulfonamides is 1. The van der Waals surface area contributed by atoms with Crippen LogP contribution in [0, 0.1) is 21.4 Å². The van der Waals surface area contributed by atoms with E-state index in [4.69, 9.17) is 4.74 Å².